The second kappa shape index (κ2) is 6.64. The molecule has 0 aliphatic carbocycles. The van der Waals surface area contributed by atoms with Gasteiger partial charge in [0.2, 0.25) is 0 Å². The molecule has 2 aromatic rings. The summed E-state index contributed by atoms with van der Waals surface area (Å²) in [6.07, 6.45) is 0. The molecule has 2 nitrogen and oxygen atoms in total. The van der Waals surface area contributed by atoms with E-state index in [0.717, 1.165) is 24.7 Å². The molecule has 104 valence electrons. The molecule has 1 aliphatic heterocycles. The maximum atomic E-state index is 5.94. The minimum absolute atomic E-state index is 0.389. The first kappa shape index (κ1) is 14.0. The van der Waals surface area contributed by atoms with E-state index >= 15 is 0 Å². The van der Waals surface area contributed by atoms with Gasteiger partial charge in [0.25, 0.3) is 0 Å². The zero-order valence-electron chi connectivity index (χ0n) is 11.1. The van der Waals surface area contributed by atoms with Crippen LogP contribution in [0.5, 0.6) is 0 Å². The van der Waals surface area contributed by atoms with E-state index in [4.69, 9.17) is 11.6 Å². The van der Waals surface area contributed by atoms with Crippen LogP contribution in [0.3, 0.4) is 0 Å². The van der Waals surface area contributed by atoms with E-state index in [0.29, 0.717) is 6.04 Å². The molecule has 1 fully saturated rings. The first-order valence-electron chi connectivity index (χ1n) is 6.79. The Morgan fingerprint density at radius 3 is 2.55 bits per heavy atom. The molecule has 1 saturated heterocycles. The van der Waals surface area contributed by atoms with Gasteiger partial charge in [-0.15, -0.1) is 0 Å². The summed E-state index contributed by atoms with van der Waals surface area (Å²) >= 11 is 7.73. The second-order valence-corrected chi connectivity index (χ2v) is 6.36. The number of rotatable bonds is 3. The van der Waals surface area contributed by atoms with Crippen molar-refractivity contribution in [2.45, 2.75) is 15.8 Å². The van der Waals surface area contributed by atoms with Crippen molar-refractivity contribution < 1.29 is 0 Å². The lowest BCUT2D eigenvalue weighted by Crippen LogP contribution is -2.42. The van der Waals surface area contributed by atoms with Gasteiger partial charge < -0.3 is 10.6 Å². The molecule has 1 heterocycles. The van der Waals surface area contributed by atoms with Crippen molar-refractivity contribution >= 4 is 23.4 Å². The van der Waals surface area contributed by atoms with Gasteiger partial charge >= 0.3 is 0 Å². The Kier molecular flexibility index (Phi) is 4.63. The lowest BCUT2D eigenvalue weighted by atomic mass is 10.1. The summed E-state index contributed by atoms with van der Waals surface area (Å²) in [6, 6.07) is 17.0. The zero-order chi connectivity index (χ0) is 13.8. The van der Waals surface area contributed by atoms with Crippen molar-refractivity contribution in [2.24, 2.45) is 0 Å². The molecule has 0 aromatic heterocycles. The predicted octanol–water partition coefficient (Wildman–Crippen LogP) is 3.73. The molecule has 1 atom stereocenters. The maximum Gasteiger partial charge on any atom is 0.0458 e. The number of benzene rings is 2. The van der Waals surface area contributed by atoms with Gasteiger partial charge in [-0.2, -0.15) is 0 Å². The zero-order valence-corrected chi connectivity index (χ0v) is 12.7. The highest BCUT2D eigenvalue weighted by Crippen LogP contribution is 2.33. The van der Waals surface area contributed by atoms with Crippen molar-refractivity contribution in [3.05, 3.63) is 59.1 Å². The summed E-state index contributed by atoms with van der Waals surface area (Å²) in [7, 11) is 0. The minimum atomic E-state index is 0.389. The average Bonchev–Trinajstić information content (AvgIpc) is 2.51. The maximum absolute atomic E-state index is 5.94. The summed E-state index contributed by atoms with van der Waals surface area (Å²) in [5, 5.41) is 7.79. The van der Waals surface area contributed by atoms with Gasteiger partial charge in [-0.3, -0.25) is 0 Å². The monoisotopic (exact) mass is 304 g/mol. The third-order valence-corrected chi connectivity index (χ3v) is 4.73. The van der Waals surface area contributed by atoms with Crippen LogP contribution >= 0.6 is 23.4 Å². The standard InChI is InChI=1S/C16H17ClN2S/c17-12-5-7-13(8-6-12)20-16-4-2-1-3-14(16)15-11-18-9-10-19-15/h1-8,15,18-19H,9-11H2/t15-/m0/s1. The molecule has 3 rings (SSSR count). The molecule has 0 bridgehead atoms. The molecule has 0 unspecified atom stereocenters. The van der Waals surface area contributed by atoms with Crippen LogP contribution in [-0.4, -0.2) is 19.6 Å². The quantitative estimate of drug-likeness (QED) is 0.903. The molecular formula is C16H17ClN2S. The highest BCUT2D eigenvalue weighted by atomic mass is 35.5. The molecular weight excluding hydrogens is 288 g/mol. The number of hydrogen-bond acceptors (Lipinski definition) is 3. The minimum Gasteiger partial charge on any atom is -0.314 e. The van der Waals surface area contributed by atoms with E-state index in [9.17, 15) is 0 Å². The van der Waals surface area contributed by atoms with Crippen LogP contribution in [0.25, 0.3) is 0 Å². The number of halogens is 1. The Morgan fingerprint density at radius 2 is 1.80 bits per heavy atom. The van der Waals surface area contributed by atoms with E-state index in [1.807, 2.05) is 12.1 Å². The molecule has 20 heavy (non-hydrogen) atoms. The molecule has 0 radical (unpaired) electrons. The highest BCUT2D eigenvalue weighted by molar-refractivity contribution is 7.99. The number of piperazine rings is 1. The SMILES string of the molecule is Clc1ccc(Sc2ccccc2[C@@H]2CNCCN2)cc1. The van der Waals surface area contributed by atoms with Crippen molar-refractivity contribution in [3.8, 4) is 0 Å². The van der Waals surface area contributed by atoms with Crippen LogP contribution in [0.2, 0.25) is 5.02 Å². The Bertz CT molecular complexity index is 565. The highest BCUT2D eigenvalue weighted by Gasteiger charge is 2.17. The molecule has 0 saturated carbocycles. The van der Waals surface area contributed by atoms with Crippen LogP contribution < -0.4 is 10.6 Å². The van der Waals surface area contributed by atoms with Crippen molar-refractivity contribution in [1.82, 2.24) is 10.6 Å². The first-order chi connectivity index (χ1) is 9.83. The van der Waals surface area contributed by atoms with Gasteiger partial charge in [-0.1, -0.05) is 41.6 Å². The number of hydrogen-bond donors (Lipinski definition) is 2. The fourth-order valence-corrected chi connectivity index (χ4v) is 3.49. The smallest absolute Gasteiger partial charge is 0.0458 e. The summed E-state index contributed by atoms with van der Waals surface area (Å²) in [5.74, 6) is 0. The van der Waals surface area contributed by atoms with Crippen LogP contribution in [0.1, 0.15) is 11.6 Å². The Balaban J connectivity index is 1.83. The van der Waals surface area contributed by atoms with Crippen molar-refractivity contribution in [2.75, 3.05) is 19.6 Å². The number of nitrogens with one attached hydrogen (secondary N) is 2. The van der Waals surface area contributed by atoms with Crippen LogP contribution in [0.15, 0.2) is 58.3 Å². The Labute approximate surface area is 128 Å². The largest absolute Gasteiger partial charge is 0.314 e. The molecule has 1 aliphatic rings. The van der Waals surface area contributed by atoms with Gasteiger partial charge in [-0.25, -0.2) is 0 Å². The van der Waals surface area contributed by atoms with E-state index < -0.39 is 0 Å². The summed E-state index contributed by atoms with van der Waals surface area (Å²) < 4.78 is 0. The summed E-state index contributed by atoms with van der Waals surface area (Å²) in [4.78, 5) is 2.52. The van der Waals surface area contributed by atoms with Gasteiger partial charge in [0, 0.05) is 40.5 Å². The van der Waals surface area contributed by atoms with E-state index in [1.54, 1.807) is 11.8 Å². The average molecular weight is 305 g/mol. The molecule has 2 N–H and O–H groups in total. The van der Waals surface area contributed by atoms with Crippen LogP contribution in [-0.2, 0) is 0 Å². The molecule has 0 spiro atoms. The summed E-state index contributed by atoms with van der Waals surface area (Å²) in [6.45, 7) is 3.05. The van der Waals surface area contributed by atoms with Gasteiger partial charge in [0.1, 0.15) is 0 Å². The fourth-order valence-electron chi connectivity index (χ4n) is 2.36. The second-order valence-electron chi connectivity index (χ2n) is 4.80. The van der Waals surface area contributed by atoms with Crippen LogP contribution in [0.4, 0.5) is 0 Å². The van der Waals surface area contributed by atoms with Crippen LogP contribution in [0, 0.1) is 0 Å². The van der Waals surface area contributed by atoms with E-state index in [-0.39, 0.29) is 0 Å². The van der Waals surface area contributed by atoms with Gasteiger partial charge in [-0.05, 0) is 35.9 Å². The lowest BCUT2D eigenvalue weighted by molar-refractivity contribution is 0.426. The Hall–Kier alpha value is -1.00. The third kappa shape index (κ3) is 3.36. The molecule has 4 heteroatoms. The first-order valence-corrected chi connectivity index (χ1v) is 7.99. The van der Waals surface area contributed by atoms with Crippen molar-refractivity contribution in [3.63, 3.8) is 0 Å². The lowest BCUT2D eigenvalue weighted by Gasteiger charge is -2.26. The molecule has 0 amide bonds. The van der Waals surface area contributed by atoms with Crippen molar-refractivity contribution in [1.29, 1.82) is 0 Å². The predicted molar refractivity (Wildman–Crippen MR) is 85.6 cm³/mol. The Morgan fingerprint density at radius 1 is 1.00 bits per heavy atom. The van der Waals surface area contributed by atoms with E-state index in [1.165, 1.54) is 15.4 Å². The summed E-state index contributed by atoms with van der Waals surface area (Å²) in [5.41, 5.74) is 1.36. The van der Waals surface area contributed by atoms with Gasteiger partial charge in [0.15, 0.2) is 0 Å². The third-order valence-electron chi connectivity index (χ3n) is 3.38. The fraction of sp³-hybridized carbons (Fsp3) is 0.250. The molecule has 2 aromatic carbocycles. The van der Waals surface area contributed by atoms with E-state index in [2.05, 4.69) is 47.0 Å². The van der Waals surface area contributed by atoms with Gasteiger partial charge in [0.05, 0.1) is 0 Å². The normalized spacial score (nSPS) is 18.9. The topological polar surface area (TPSA) is 24.1 Å².